The van der Waals surface area contributed by atoms with Gasteiger partial charge in [0.2, 0.25) is 0 Å². The van der Waals surface area contributed by atoms with Gasteiger partial charge in [-0.3, -0.25) is 9.59 Å². The van der Waals surface area contributed by atoms with Crippen LogP contribution in [-0.2, 0) is 4.74 Å². The smallest absolute Gasteiger partial charge is 0.276 e. The minimum Gasteiger partial charge on any atom is -0.491 e. The minimum absolute atomic E-state index is 0.135. The van der Waals surface area contributed by atoms with Crippen LogP contribution in [0, 0.1) is 0 Å². The summed E-state index contributed by atoms with van der Waals surface area (Å²) >= 11 is 0. The van der Waals surface area contributed by atoms with Crippen LogP contribution in [0.5, 0.6) is 5.75 Å². The molecule has 1 aromatic heterocycles. The van der Waals surface area contributed by atoms with Gasteiger partial charge >= 0.3 is 0 Å². The molecule has 1 fully saturated rings. The molecule has 0 spiro atoms. The molecule has 0 bridgehead atoms. The van der Waals surface area contributed by atoms with Crippen LogP contribution in [0.3, 0.4) is 0 Å². The Bertz CT molecular complexity index is 718. The normalized spacial score (nSPS) is 17.0. The van der Waals surface area contributed by atoms with E-state index in [-0.39, 0.29) is 17.4 Å². The topological polar surface area (TPSA) is 93.3 Å². The highest BCUT2D eigenvalue weighted by molar-refractivity contribution is 6.02. The second kappa shape index (κ2) is 7.06. The first kappa shape index (κ1) is 15.2. The Morgan fingerprint density at radius 3 is 3.04 bits per heavy atom. The van der Waals surface area contributed by atoms with E-state index in [0.717, 1.165) is 19.4 Å². The third kappa shape index (κ3) is 4.17. The standard InChI is InChI=1S/C16H17N3O4/c20-15-7-6-14(18-19-15)16(21)17-11-3-1-4-12(9-11)23-10-13-5-2-8-22-13/h1,3-4,6-7,9,13H,2,5,8,10H2,(H,17,21)(H,19,20)/t13-/m0/s1. The number of benzene rings is 1. The fourth-order valence-electron chi connectivity index (χ4n) is 2.29. The maximum atomic E-state index is 12.0. The summed E-state index contributed by atoms with van der Waals surface area (Å²) in [5, 5.41) is 8.62. The summed E-state index contributed by atoms with van der Waals surface area (Å²) < 4.78 is 11.2. The van der Waals surface area contributed by atoms with Gasteiger partial charge in [0.25, 0.3) is 11.5 Å². The molecular weight excluding hydrogens is 298 g/mol. The van der Waals surface area contributed by atoms with Crippen molar-refractivity contribution in [3.8, 4) is 5.75 Å². The SMILES string of the molecule is O=C(Nc1cccc(OC[C@@H]2CCCO2)c1)c1ccc(=O)[nH]n1. The minimum atomic E-state index is -0.405. The Kier molecular flexibility index (Phi) is 4.68. The first-order valence-corrected chi connectivity index (χ1v) is 7.42. The lowest BCUT2D eigenvalue weighted by Gasteiger charge is -2.12. The van der Waals surface area contributed by atoms with Crippen molar-refractivity contribution in [1.29, 1.82) is 0 Å². The third-order valence-corrected chi connectivity index (χ3v) is 3.46. The fraction of sp³-hybridized carbons (Fsp3) is 0.312. The molecule has 0 radical (unpaired) electrons. The molecule has 23 heavy (non-hydrogen) atoms. The zero-order chi connectivity index (χ0) is 16.1. The van der Waals surface area contributed by atoms with Gasteiger partial charge in [-0.25, -0.2) is 5.10 Å². The molecule has 1 saturated heterocycles. The Morgan fingerprint density at radius 2 is 2.30 bits per heavy atom. The van der Waals surface area contributed by atoms with E-state index in [1.54, 1.807) is 18.2 Å². The highest BCUT2D eigenvalue weighted by Crippen LogP contribution is 2.20. The molecule has 2 heterocycles. The van der Waals surface area contributed by atoms with Gasteiger partial charge in [0.1, 0.15) is 18.1 Å². The predicted octanol–water partition coefficient (Wildman–Crippen LogP) is 1.58. The van der Waals surface area contributed by atoms with Crippen molar-refractivity contribution in [2.24, 2.45) is 0 Å². The third-order valence-electron chi connectivity index (χ3n) is 3.46. The molecule has 0 saturated carbocycles. The van der Waals surface area contributed by atoms with Crippen LogP contribution in [0.25, 0.3) is 0 Å². The number of amides is 1. The zero-order valence-corrected chi connectivity index (χ0v) is 12.5. The van der Waals surface area contributed by atoms with E-state index >= 15 is 0 Å². The summed E-state index contributed by atoms with van der Waals surface area (Å²) in [5.74, 6) is 0.255. The van der Waals surface area contributed by atoms with Crippen molar-refractivity contribution in [3.05, 3.63) is 52.4 Å². The van der Waals surface area contributed by atoms with Gasteiger partial charge in [0, 0.05) is 24.4 Å². The molecule has 0 aliphatic carbocycles. The van der Waals surface area contributed by atoms with Crippen molar-refractivity contribution < 1.29 is 14.3 Å². The summed E-state index contributed by atoms with van der Waals surface area (Å²) in [6.45, 7) is 1.29. The molecule has 2 N–H and O–H groups in total. The van der Waals surface area contributed by atoms with E-state index in [4.69, 9.17) is 9.47 Å². The molecule has 1 aromatic carbocycles. The molecule has 0 unspecified atom stereocenters. The number of rotatable bonds is 5. The van der Waals surface area contributed by atoms with Crippen molar-refractivity contribution >= 4 is 11.6 Å². The van der Waals surface area contributed by atoms with Crippen LogP contribution in [0.4, 0.5) is 5.69 Å². The Labute approximate surface area is 132 Å². The van der Waals surface area contributed by atoms with Gasteiger partial charge in [-0.15, -0.1) is 0 Å². The lowest BCUT2D eigenvalue weighted by atomic mass is 10.2. The zero-order valence-electron chi connectivity index (χ0n) is 12.5. The number of hydrogen-bond acceptors (Lipinski definition) is 5. The highest BCUT2D eigenvalue weighted by Gasteiger charge is 2.16. The van der Waals surface area contributed by atoms with Crippen LogP contribution in [0.2, 0.25) is 0 Å². The monoisotopic (exact) mass is 315 g/mol. The van der Waals surface area contributed by atoms with Crippen LogP contribution in [0.15, 0.2) is 41.2 Å². The second-order valence-electron chi connectivity index (χ2n) is 5.23. The van der Waals surface area contributed by atoms with E-state index in [9.17, 15) is 9.59 Å². The van der Waals surface area contributed by atoms with E-state index in [0.29, 0.717) is 18.0 Å². The molecule has 7 nitrogen and oxygen atoms in total. The first-order chi connectivity index (χ1) is 11.2. The molecule has 1 atom stereocenters. The Hall–Kier alpha value is -2.67. The lowest BCUT2D eigenvalue weighted by Crippen LogP contribution is -2.18. The number of ether oxygens (including phenoxy) is 2. The van der Waals surface area contributed by atoms with Crippen molar-refractivity contribution in [2.45, 2.75) is 18.9 Å². The van der Waals surface area contributed by atoms with Crippen molar-refractivity contribution in [2.75, 3.05) is 18.5 Å². The first-order valence-electron chi connectivity index (χ1n) is 7.42. The maximum absolute atomic E-state index is 12.0. The molecule has 7 heteroatoms. The van der Waals surface area contributed by atoms with Gasteiger partial charge in [-0.1, -0.05) is 6.07 Å². The Balaban J connectivity index is 1.61. The van der Waals surface area contributed by atoms with Gasteiger partial charge in [-0.2, -0.15) is 5.10 Å². The molecule has 1 amide bonds. The van der Waals surface area contributed by atoms with Gasteiger partial charge in [-0.05, 0) is 31.0 Å². The highest BCUT2D eigenvalue weighted by atomic mass is 16.5. The number of nitrogens with one attached hydrogen (secondary N) is 2. The molecule has 1 aliphatic heterocycles. The Morgan fingerprint density at radius 1 is 1.39 bits per heavy atom. The van der Waals surface area contributed by atoms with E-state index in [1.807, 2.05) is 6.07 Å². The molecule has 2 aromatic rings. The number of hydrogen-bond donors (Lipinski definition) is 2. The summed E-state index contributed by atoms with van der Waals surface area (Å²) in [4.78, 5) is 23.0. The number of aromatic amines is 1. The molecule has 3 rings (SSSR count). The van der Waals surface area contributed by atoms with Crippen LogP contribution >= 0.6 is 0 Å². The number of anilines is 1. The predicted molar refractivity (Wildman–Crippen MR) is 83.7 cm³/mol. The van der Waals surface area contributed by atoms with E-state index in [2.05, 4.69) is 15.5 Å². The van der Waals surface area contributed by atoms with Gasteiger partial charge in [0.15, 0.2) is 0 Å². The quantitative estimate of drug-likeness (QED) is 0.874. The molecule has 1 aliphatic rings. The summed E-state index contributed by atoms with van der Waals surface area (Å²) in [6.07, 6.45) is 2.21. The lowest BCUT2D eigenvalue weighted by molar-refractivity contribution is 0.0680. The summed E-state index contributed by atoms with van der Waals surface area (Å²) in [6, 6.07) is 9.72. The number of carbonyl (C=O) groups excluding carboxylic acids is 1. The summed E-state index contributed by atoms with van der Waals surface area (Å²) in [5.41, 5.74) is 0.370. The van der Waals surface area contributed by atoms with Gasteiger partial charge < -0.3 is 14.8 Å². The van der Waals surface area contributed by atoms with Crippen LogP contribution in [0.1, 0.15) is 23.3 Å². The van der Waals surface area contributed by atoms with Gasteiger partial charge in [0.05, 0.1) is 6.10 Å². The van der Waals surface area contributed by atoms with Crippen molar-refractivity contribution in [3.63, 3.8) is 0 Å². The second-order valence-corrected chi connectivity index (χ2v) is 5.23. The van der Waals surface area contributed by atoms with E-state index < -0.39 is 5.91 Å². The summed E-state index contributed by atoms with van der Waals surface area (Å²) in [7, 11) is 0. The number of aromatic nitrogens is 2. The average molecular weight is 315 g/mol. The molecule has 120 valence electrons. The van der Waals surface area contributed by atoms with E-state index in [1.165, 1.54) is 12.1 Å². The average Bonchev–Trinajstić information content (AvgIpc) is 3.07. The largest absolute Gasteiger partial charge is 0.491 e. The maximum Gasteiger partial charge on any atom is 0.276 e. The fourth-order valence-corrected chi connectivity index (χ4v) is 2.29. The van der Waals surface area contributed by atoms with Crippen molar-refractivity contribution in [1.82, 2.24) is 10.2 Å². The number of H-pyrrole nitrogens is 1. The van der Waals surface area contributed by atoms with Crippen LogP contribution in [-0.4, -0.2) is 35.4 Å². The van der Waals surface area contributed by atoms with Crippen LogP contribution < -0.4 is 15.6 Å². The molecular formula is C16H17N3O4. The number of nitrogens with zero attached hydrogens (tertiary/aromatic N) is 1. The number of carbonyl (C=O) groups is 1.